The second kappa shape index (κ2) is 7.27. The minimum atomic E-state index is -3.43. The maximum Gasteiger partial charge on any atom is 0.333 e. The SMILES string of the molecule is Cc1nn(C)cc1-n1c(=O)n(C)c2cnc3ccc(-c4cncc(NS(C)(=O)=O)c4)cc3c21. The average molecular weight is 464 g/mol. The maximum absolute atomic E-state index is 13.2. The first-order chi connectivity index (χ1) is 15.6. The maximum atomic E-state index is 13.2. The lowest BCUT2D eigenvalue weighted by Crippen LogP contribution is -2.21. The van der Waals surface area contributed by atoms with E-state index in [0.29, 0.717) is 16.9 Å². The molecule has 11 heteroatoms. The summed E-state index contributed by atoms with van der Waals surface area (Å²) in [7, 11) is 0.102. The molecule has 5 aromatic rings. The Bertz CT molecular complexity index is 1730. The monoisotopic (exact) mass is 463 g/mol. The van der Waals surface area contributed by atoms with Gasteiger partial charge >= 0.3 is 5.69 Å². The van der Waals surface area contributed by atoms with E-state index >= 15 is 0 Å². The van der Waals surface area contributed by atoms with Crippen LogP contribution in [0.15, 0.2) is 53.8 Å². The van der Waals surface area contributed by atoms with Gasteiger partial charge in [0, 0.05) is 37.4 Å². The highest BCUT2D eigenvalue weighted by Crippen LogP contribution is 2.30. The lowest BCUT2D eigenvalue weighted by atomic mass is 10.0. The van der Waals surface area contributed by atoms with Gasteiger partial charge in [0.2, 0.25) is 10.0 Å². The fourth-order valence-corrected chi connectivity index (χ4v) is 4.61. The first-order valence-electron chi connectivity index (χ1n) is 10.1. The first-order valence-corrected chi connectivity index (χ1v) is 12.0. The number of nitrogens with zero attached hydrogens (tertiary/aromatic N) is 6. The lowest BCUT2D eigenvalue weighted by Gasteiger charge is -2.09. The zero-order valence-electron chi connectivity index (χ0n) is 18.4. The molecular formula is C22H21N7O3S. The topological polar surface area (TPSA) is 117 Å². The number of nitrogens with one attached hydrogen (secondary N) is 1. The molecule has 4 heterocycles. The zero-order chi connectivity index (χ0) is 23.5. The predicted octanol–water partition coefficient (Wildman–Crippen LogP) is 2.35. The van der Waals surface area contributed by atoms with E-state index in [1.807, 2.05) is 38.4 Å². The van der Waals surface area contributed by atoms with Crippen molar-refractivity contribution in [3.05, 3.63) is 65.2 Å². The van der Waals surface area contributed by atoms with Crippen LogP contribution >= 0.6 is 0 Å². The van der Waals surface area contributed by atoms with Gasteiger partial charge in [-0.1, -0.05) is 6.07 Å². The van der Waals surface area contributed by atoms with Gasteiger partial charge in [0.15, 0.2) is 0 Å². The van der Waals surface area contributed by atoms with Gasteiger partial charge in [-0.05, 0) is 30.7 Å². The molecule has 168 valence electrons. The van der Waals surface area contributed by atoms with Crippen molar-refractivity contribution in [3.8, 4) is 16.8 Å². The molecule has 0 aliphatic heterocycles. The molecule has 0 saturated heterocycles. The number of benzene rings is 1. The van der Waals surface area contributed by atoms with Crippen molar-refractivity contribution in [3.63, 3.8) is 0 Å². The highest BCUT2D eigenvalue weighted by molar-refractivity contribution is 7.92. The summed E-state index contributed by atoms with van der Waals surface area (Å²) < 4.78 is 30.6. The molecule has 0 spiro atoms. The summed E-state index contributed by atoms with van der Waals surface area (Å²) in [5, 5.41) is 5.18. The van der Waals surface area contributed by atoms with E-state index in [1.54, 1.807) is 39.3 Å². The van der Waals surface area contributed by atoms with E-state index in [-0.39, 0.29) is 5.69 Å². The number of aromatic nitrogens is 6. The van der Waals surface area contributed by atoms with E-state index in [1.165, 1.54) is 6.20 Å². The molecule has 0 saturated carbocycles. The Balaban J connectivity index is 1.79. The quantitative estimate of drug-likeness (QED) is 0.437. The van der Waals surface area contributed by atoms with Crippen molar-refractivity contribution >= 4 is 37.6 Å². The van der Waals surface area contributed by atoms with Gasteiger partial charge < -0.3 is 0 Å². The van der Waals surface area contributed by atoms with Gasteiger partial charge in [0.05, 0.1) is 52.3 Å². The normalized spacial score (nSPS) is 12.0. The summed E-state index contributed by atoms with van der Waals surface area (Å²) in [4.78, 5) is 21.9. The number of anilines is 1. The highest BCUT2D eigenvalue weighted by atomic mass is 32.2. The largest absolute Gasteiger partial charge is 0.333 e. The molecule has 1 aromatic carbocycles. The number of aryl methyl sites for hydroxylation is 3. The molecule has 0 bridgehead atoms. The molecule has 1 N–H and O–H groups in total. The molecule has 0 unspecified atom stereocenters. The van der Waals surface area contributed by atoms with Crippen LogP contribution in [0.25, 0.3) is 38.8 Å². The molecule has 0 aliphatic rings. The third-order valence-corrected chi connectivity index (χ3v) is 6.09. The minimum Gasteiger partial charge on any atom is -0.293 e. The van der Waals surface area contributed by atoms with Crippen molar-refractivity contribution in [1.82, 2.24) is 28.9 Å². The predicted molar refractivity (Wildman–Crippen MR) is 127 cm³/mol. The van der Waals surface area contributed by atoms with Crippen molar-refractivity contribution in [2.24, 2.45) is 14.1 Å². The van der Waals surface area contributed by atoms with Gasteiger partial charge in [0.1, 0.15) is 0 Å². The van der Waals surface area contributed by atoms with E-state index in [4.69, 9.17) is 0 Å². The molecule has 10 nitrogen and oxygen atoms in total. The van der Waals surface area contributed by atoms with Crippen LogP contribution in [0.3, 0.4) is 0 Å². The van der Waals surface area contributed by atoms with Crippen LogP contribution in [0, 0.1) is 6.92 Å². The summed E-state index contributed by atoms with van der Waals surface area (Å²) in [6.07, 6.45) is 7.71. The van der Waals surface area contributed by atoms with E-state index in [2.05, 4.69) is 19.8 Å². The van der Waals surface area contributed by atoms with E-state index in [9.17, 15) is 13.2 Å². The summed E-state index contributed by atoms with van der Waals surface area (Å²) >= 11 is 0. The Labute approximate surface area is 189 Å². The summed E-state index contributed by atoms with van der Waals surface area (Å²) in [6, 6.07) is 7.42. The highest BCUT2D eigenvalue weighted by Gasteiger charge is 2.19. The standard InChI is InChI=1S/C22H21N7O3S/c1-13-20(12-27(2)25-13)29-21-17-8-14(15-7-16(10-23-9-15)26-33(4,31)32)5-6-18(17)24-11-19(21)28(3)22(29)30/h5-12,26H,1-4H3. The van der Waals surface area contributed by atoms with Crippen molar-refractivity contribution in [2.45, 2.75) is 6.92 Å². The number of hydrogen-bond acceptors (Lipinski definition) is 6. The van der Waals surface area contributed by atoms with Crippen LogP contribution in [-0.4, -0.2) is 43.6 Å². The van der Waals surface area contributed by atoms with Crippen molar-refractivity contribution < 1.29 is 8.42 Å². The van der Waals surface area contributed by atoms with E-state index in [0.717, 1.165) is 39.5 Å². The summed E-state index contributed by atoms with van der Waals surface area (Å²) in [5.74, 6) is 0. The van der Waals surface area contributed by atoms with Crippen LogP contribution in [0.2, 0.25) is 0 Å². The van der Waals surface area contributed by atoms with Crippen molar-refractivity contribution in [1.29, 1.82) is 0 Å². The molecule has 0 radical (unpaired) electrons. The van der Waals surface area contributed by atoms with Crippen LogP contribution in [0.1, 0.15) is 5.69 Å². The fraction of sp³-hybridized carbons (Fsp3) is 0.182. The third-order valence-electron chi connectivity index (χ3n) is 5.49. The number of sulfonamides is 1. The van der Waals surface area contributed by atoms with E-state index < -0.39 is 10.0 Å². The van der Waals surface area contributed by atoms with Gasteiger partial charge in [-0.3, -0.25) is 28.5 Å². The number of pyridine rings is 2. The van der Waals surface area contributed by atoms with Gasteiger partial charge in [0.25, 0.3) is 0 Å². The minimum absolute atomic E-state index is 0.193. The number of rotatable bonds is 4. The average Bonchev–Trinajstić information content (AvgIpc) is 3.21. The Morgan fingerprint density at radius 1 is 1.03 bits per heavy atom. The second-order valence-electron chi connectivity index (χ2n) is 8.01. The zero-order valence-corrected chi connectivity index (χ0v) is 19.3. The number of imidazole rings is 1. The van der Waals surface area contributed by atoms with Crippen LogP contribution in [0.4, 0.5) is 5.69 Å². The van der Waals surface area contributed by atoms with Gasteiger partial charge in [-0.15, -0.1) is 0 Å². The number of hydrogen-bond donors (Lipinski definition) is 1. The Morgan fingerprint density at radius 2 is 1.82 bits per heavy atom. The smallest absolute Gasteiger partial charge is 0.293 e. The van der Waals surface area contributed by atoms with Crippen molar-refractivity contribution in [2.75, 3.05) is 11.0 Å². The molecule has 0 amide bonds. The summed E-state index contributed by atoms with van der Waals surface area (Å²) in [6.45, 7) is 1.86. The molecule has 0 atom stereocenters. The molecule has 33 heavy (non-hydrogen) atoms. The fourth-order valence-electron chi connectivity index (χ4n) is 4.07. The third kappa shape index (κ3) is 3.55. The Hall–Kier alpha value is -3.99. The Morgan fingerprint density at radius 3 is 2.52 bits per heavy atom. The van der Waals surface area contributed by atoms with Crippen LogP contribution in [-0.2, 0) is 24.1 Å². The van der Waals surface area contributed by atoms with Crippen LogP contribution in [0.5, 0.6) is 0 Å². The lowest BCUT2D eigenvalue weighted by molar-refractivity contribution is 0.607. The summed E-state index contributed by atoms with van der Waals surface area (Å²) in [5.41, 5.74) is 5.30. The Kier molecular flexibility index (Phi) is 4.60. The first kappa shape index (κ1) is 20.9. The van der Waals surface area contributed by atoms with Gasteiger partial charge in [-0.25, -0.2) is 13.2 Å². The number of fused-ring (bicyclic) bond motifs is 3. The van der Waals surface area contributed by atoms with Gasteiger partial charge in [-0.2, -0.15) is 5.10 Å². The molecule has 0 fully saturated rings. The van der Waals surface area contributed by atoms with Crippen LogP contribution < -0.4 is 10.4 Å². The second-order valence-corrected chi connectivity index (χ2v) is 9.76. The molecule has 5 rings (SSSR count). The molecule has 4 aromatic heterocycles. The molecular weight excluding hydrogens is 442 g/mol. The molecule has 0 aliphatic carbocycles.